The number of nitrogens with one attached hydrogen (secondary N) is 1. The maximum absolute atomic E-state index is 5.76. The van der Waals surface area contributed by atoms with Crippen molar-refractivity contribution in [3.05, 3.63) is 34.1 Å². The summed E-state index contributed by atoms with van der Waals surface area (Å²) in [5, 5.41) is 6.76. The van der Waals surface area contributed by atoms with Crippen LogP contribution in [-0.4, -0.2) is 14.9 Å². The highest BCUT2D eigenvalue weighted by Crippen LogP contribution is 2.21. The molecule has 2 aromatic rings. The molecule has 15 heavy (non-hydrogen) atoms. The second-order valence-electron chi connectivity index (χ2n) is 3.54. The number of nitrogens with two attached hydrogens (primary N) is 1. The van der Waals surface area contributed by atoms with Crippen LogP contribution in [0.4, 0.5) is 0 Å². The van der Waals surface area contributed by atoms with E-state index in [1.165, 1.54) is 10.2 Å². The van der Waals surface area contributed by atoms with Crippen molar-refractivity contribution in [2.45, 2.75) is 13.8 Å². The molecule has 4 nitrogen and oxygen atoms in total. The smallest absolute Gasteiger partial charge is 0.214 e. The fourth-order valence-electron chi connectivity index (χ4n) is 1.56. The van der Waals surface area contributed by atoms with Crippen molar-refractivity contribution in [3.63, 3.8) is 0 Å². The van der Waals surface area contributed by atoms with Gasteiger partial charge in [-0.15, -0.1) is 0 Å². The van der Waals surface area contributed by atoms with Gasteiger partial charge in [-0.1, -0.05) is 23.8 Å². The van der Waals surface area contributed by atoms with Gasteiger partial charge in [0, 0.05) is 5.56 Å². The molecule has 0 amide bonds. The third kappa shape index (κ3) is 1.66. The summed E-state index contributed by atoms with van der Waals surface area (Å²) in [7, 11) is 0. The van der Waals surface area contributed by atoms with Gasteiger partial charge in [0.2, 0.25) is 4.77 Å². The average molecular weight is 220 g/mol. The Bertz CT molecular complexity index is 553. The summed E-state index contributed by atoms with van der Waals surface area (Å²) in [5.41, 5.74) is 3.35. The number of H-pyrrole nitrogens is 1. The maximum atomic E-state index is 5.76. The lowest BCUT2D eigenvalue weighted by molar-refractivity contribution is 0.982. The molecule has 5 heteroatoms. The Kier molecular flexibility index (Phi) is 2.32. The molecule has 0 fully saturated rings. The summed E-state index contributed by atoms with van der Waals surface area (Å²) >= 11 is 4.96. The Morgan fingerprint density at radius 2 is 2.13 bits per heavy atom. The van der Waals surface area contributed by atoms with Gasteiger partial charge in [-0.05, 0) is 31.6 Å². The van der Waals surface area contributed by atoms with Crippen molar-refractivity contribution >= 4 is 12.2 Å². The van der Waals surface area contributed by atoms with Crippen molar-refractivity contribution < 1.29 is 0 Å². The second-order valence-corrected chi connectivity index (χ2v) is 3.93. The van der Waals surface area contributed by atoms with E-state index in [4.69, 9.17) is 18.1 Å². The molecule has 1 aromatic carbocycles. The first-order chi connectivity index (χ1) is 7.09. The summed E-state index contributed by atoms with van der Waals surface area (Å²) in [6.45, 7) is 4.08. The van der Waals surface area contributed by atoms with Gasteiger partial charge >= 0.3 is 0 Å². The van der Waals surface area contributed by atoms with E-state index in [1.54, 1.807) is 0 Å². The van der Waals surface area contributed by atoms with Crippen molar-refractivity contribution in [2.24, 2.45) is 0 Å². The summed E-state index contributed by atoms with van der Waals surface area (Å²) < 4.78 is 1.80. The van der Waals surface area contributed by atoms with Crippen LogP contribution >= 0.6 is 12.2 Å². The van der Waals surface area contributed by atoms with Gasteiger partial charge in [0.15, 0.2) is 5.82 Å². The summed E-state index contributed by atoms with van der Waals surface area (Å²) in [5.74, 6) is 6.42. The minimum Gasteiger partial charge on any atom is -0.335 e. The van der Waals surface area contributed by atoms with E-state index in [0.717, 1.165) is 11.1 Å². The standard InChI is InChI=1S/C10H12N4S/c1-6-3-4-8(7(2)5-6)9-12-13-10(15)14(9)11/h3-5H,11H2,1-2H3,(H,13,15). The molecule has 0 aliphatic rings. The number of aromatic nitrogens is 3. The Morgan fingerprint density at radius 3 is 2.67 bits per heavy atom. The van der Waals surface area contributed by atoms with E-state index in [1.807, 2.05) is 19.1 Å². The first kappa shape index (κ1) is 9.92. The summed E-state index contributed by atoms with van der Waals surface area (Å²) in [6, 6.07) is 6.12. The van der Waals surface area contributed by atoms with Crippen molar-refractivity contribution in [2.75, 3.05) is 5.84 Å². The molecule has 0 atom stereocenters. The number of aryl methyl sites for hydroxylation is 2. The third-order valence-electron chi connectivity index (χ3n) is 2.33. The fraction of sp³-hybridized carbons (Fsp3) is 0.200. The number of nitrogen functional groups attached to an aromatic ring is 1. The quantitative estimate of drug-likeness (QED) is 0.570. The first-order valence-corrected chi connectivity index (χ1v) is 5.00. The van der Waals surface area contributed by atoms with Crippen LogP contribution in [0.5, 0.6) is 0 Å². The van der Waals surface area contributed by atoms with E-state index in [9.17, 15) is 0 Å². The average Bonchev–Trinajstić information content (AvgIpc) is 2.49. The number of aromatic amines is 1. The van der Waals surface area contributed by atoms with Gasteiger partial charge in [0.05, 0.1) is 0 Å². The third-order valence-corrected chi connectivity index (χ3v) is 2.62. The van der Waals surface area contributed by atoms with Gasteiger partial charge in [-0.3, -0.25) is 0 Å². The topological polar surface area (TPSA) is 59.6 Å². The predicted octanol–water partition coefficient (Wildman–Crippen LogP) is 1.94. The minimum atomic E-state index is 0.421. The Labute approximate surface area is 92.7 Å². The Morgan fingerprint density at radius 1 is 1.40 bits per heavy atom. The molecule has 1 aromatic heterocycles. The molecule has 2 rings (SSSR count). The summed E-state index contributed by atoms with van der Waals surface area (Å²) in [6.07, 6.45) is 0. The predicted molar refractivity (Wildman–Crippen MR) is 62.5 cm³/mol. The number of hydrogen-bond donors (Lipinski definition) is 2. The maximum Gasteiger partial charge on any atom is 0.214 e. The molecule has 78 valence electrons. The molecule has 3 N–H and O–H groups in total. The lowest BCUT2D eigenvalue weighted by Crippen LogP contribution is -2.10. The SMILES string of the molecule is Cc1ccc(-c2n[nH]c(=S)n2N)c(C)c1. The molecule has 0 aliphatic carbocycles. The molecule has 0 spiro atoms. The largest absolute Gasteiger partial charge is 0.335 e. The molecule has 1 heterocycles. The normalized spacial score (nSPS) is 10.5. The van der Waals surface area contributed by atoms with E-state index in [0.29, 0.717) is 10.6 Å². The van der Waals surface area contributed by atoms with Crippen LogP contribution in [0.15, 0.2) is 18.2 Å². The van der Waals surface area contributed by atoms with E-state index in [-0.39, 0.29) is 0 Å². The fourth-order valence-corrected chi connectivity index (χ4v) is 1.69. The highest BCUT2D eigenvalue weighted by Gasteiger charge is 2.08. The van der Waals surface area contributed by atoms with Crippen LogP contribution in [-0.2, 0) is 0 Å². The highest BCUT2D eigenvalue weighted by atomic mass is 32.1. The van der Waals surface area contributed by atoms with E-state index < -0.39 is 0 Å². The van der Waals surface area contributed by atoms with Crippen LogP contribution in [0.2, 0.25) is 0 Å². The summed E-state index contributed by atoms with van der Waals surface area (Å²) in [4.78, 5) is 0. The Hall–Kier alpha value is -1.62. The van der Waals surface area contributed by atoms with Crippen molar-refractivity contribution in [1.82, 2.24) is 14.9 Å². The Balaban J connectivity index is 2.64. The number of benzene rings is 1. The number of rotatable bonds is 1. The zero-order valence-electron chi connectivity index (χ0n) is 8.61. The molecule has 0 saturated heterocycles. The lowest BCUT2D eigenvalue weighted by Gasteiger charge is -2.05. The molecule has 0 aliphatic heterocycles. The van der Waals surface area contributed by atoms with Crippen LogP contribution in [0, 0.1) is 18.6 Å². The molecule has 0 bridgehead atoms. The van der Waals surface area contributed by atoms with Gasteiger partial charge in [-0.2, -0.15) is 5.10 Å². The highest BCUT2D eigenvalue weighted by molar-refractivity contribution is 7.71. The van der Waals surface area contributed by atoms with Gasteiger partial charge < -0.3 is 5.84 Å². The van der Waals surface area contributed by atoms with Gasteiger partial charge in [0.25, 0.3) is 0 Å². The van der Waals surface area contributed by atoms with E-state index in [2.05, 4.69) is 23.2 Å². The lowest BCUT2D eigenvalue weighted by atomic mass is 10.1. The van der Waals surface area contributed by atoms with Gasteiger partial charge in [0.1, 0.15) is 0 Å². The van der Waals surface area contributed by atoms with Crippen LogP contribution in [0.3, 0.4) is 0 Å². The van der Waals surface area contributed by atoms with Crippen molar-refractivity contribution in [3.8, 4) is 11.4 Å². The second kappa shape index (κ2) is 3.51. The minimum absolute atomic E-state index is 0.421. The van der Waals surface area contributed by atoms with Crippen LogP contribution in [0.25, 0.3) is 11.4 Å². The zero-order valence-corrected chi connectivity index (χ0v) is 9.43. The molecular weight excluding hydrogens is 208 g/mol. The van der Waals surface area contributed by atoms with Crippen molar-refractivity contribution in [1.29, 1.82) is 0 Å². The van der Waals surface area contributed by atoms with Crippen LogP contribution < -0.4 is 5.84 Å². The zero-order chi connectivity index (χ0) is 11.0. The number of nitrogens with zero attached hydrogens (tertiary/aromatic N) is 2. The van der Waals surface area contributed by atoms with Crippen LogP contribution in [0.1, 0.15) is 11.1 Å². The molecule has 0 radical (unpaired) electrons. The van der Waals surface area contributed by atoms with Gasteiger partial charge in [-0.25, -0.2) is 9.77 Å². The first-order valence-electron chi connectivity index (χ1n) is 4.59. The molecule has 0 saturated carbocycles. The molecular formula is C10H12N4S. The number of hydrogen-bond acceptors (Lipinski definition) is 3. The monoisotopic (exact) mass is 220 g/mol. The van der Waals surface area contributed by atoms with E-state index >= 15 is 0 Å². The molecule has 0 unspecified atom stereocenters.